The van der Waals surface area contributed by atoms with E-state index < -0.39 is 6.10 Å². The molecule has 1 saturated carbocycles. The average molecular weight is 283 g/mol. The Labute approximate surface area is 117 Å². The lowest BCUT2D eigenvalue weighted by molar-refractivity contribution is -0.138. The quantitative estimate of drug-likeness (QED) is 0.805. The Hall–Kier alpha value is -0.910. The first-order valence-corrected chi connectivity index (χ1v) is 7.60. The first-order chi connectivity index (χ1) is 9.18. The van der Waals surface area contributed by atoms with Crippen LogP contribution >= 0.6 is 11.3 Å². The van der Waals surface area contributed by atoms with E-state index in [4.69, 9.17) is 4.74 Å². The van der Waals surface area contributed by atoms with Crippen LogP contribution in [-0.2, 0) is 9.53 Å². The Balaban J connectivity index is 1.83. The van der Waals surface area contributed by atoms with Crippen LogP contribution < -0.4 is 5.32 Å². The van der Waals surface area contributed by atoms with Crippen molar-refractivity contribution in [1.82, 2.24) is 5.32 Å². The monoisotopic (exact) mass is 283 g/mol. The number of rotatable bonds is 7. The molecular formula is C14H21NO3S. The molecule has 1 fully saturated rings. The summed E-state index contributed by atoms with van der Waals surface area (Å²) in [7, 11) is 1.66. The van der Waals surface area contributed by atoms with Gasteiger partial charge in [0.25, 0.3) is 0 Å². The Morgan fingerprint density at radius 3 is 2.95 bits per heavy atom. The largest absolute Gasteiger partial charge is 0.387 e. The minimum Gasteiger partial charge on any atom is -0.387 e. The van der Waals surface area contributed by atoms with Crippen LogP contribution in [0.2, 0.25) is 0 Å². The first kappa shape index (κ1) is 14.5. The summed E-state index contributed by atoms with van der Waals surface area (Å²) in [6, 6.07) is 1.88. The van der Waals surface area contributed by atoms with Gasteiger partial charge in [-0.2, -0.15) is 11.3 Å². The summed E-state index contributed by atoms with van der Waals surface area (Å²) in [5, 5.41) is 16.7. The van der Waals surface area contributed by atoms with Gasteiger partial charge in [0.05, 0.1) is 11.5 Å². The maximum absolute atomic E-state index is 12.3. The van der Waals surface area contributed by atoms with E-state index >= 15 is 0 Å². The molecule has 19 heavy (non-hydrogen) atoms. The molecule has 0 spiro atoms. The highest BCUT2D eigenvalue weighted by Gasteiger charge is 2.43. The van der Waals surface area contributed by atoms with Crippen molar-refractivity contribution in [2.75, 3.05) is 20.3 Å². The molecular weight excluding hydrogens is 262 g/mol. The Kier molecular flexibility index (Phi) is 4.96. The Bertz CT molecular complexity index is 401. The predicted octanol–water partition coefficient (Wildman–Crippen LogP) is 2.10. The number of thiophene rings is 1. The number of amides is 1. The smallest absolute Gasteiger partial charge is 0.226 e. The standard InChI is InChI=1S/C14H21NO3S/c1-18-7-6-14(4-2-5-14)13(17)15-9-12(16)11-3-8-19-10-11/h3,8,10,12,16H,2,4-7,9H2,1H3,(H,15,17). The molecule has 1 unspecified atom stereocenters. The molecule has 1 heterocycles. The summed E-state index contributed by atoms with van der Waals surface area (Å²) >= 11 is 1.55. The first-order valence-electron chi connectivity index (χ1n) is 6.65. The number of aliphatic hydroxyl groups excluding tert-OH is 1. The summed E-state index contributed by atoms with van der Waals surface area (Å²) in [4.78, 5) is 12.3. The lowest BCUT2D eigenvalue weighted by Gasteiger charge is -2.40. The lowest BCUT2D eigenvalue weighted by atomic mass is 9.66. The number of hydrogen-bond acceptors (Lipinski definition) is 4. The maximum Gasteiger partial charge on any atom is 0.226 e. The highest BCUT2D eigenvalue weighted by molar-refractivity contribution is 7.07. The second-order valence-electron chi connectivity index (χ2n) is 5.16. The summed E-state index contributed by atoms with van der Waals surface area (Å²) in [6.07, 6.45) is 3.11. The van der Waals surface area contributed by atoms with Crippen molar-refractivity contribution >= 4 is 17.2 Å². The van der Waals surface area contributed by atoms with Gasteiger partial charge in [-0.3, -0.25) is 4.79 Å². The second kappa shape index (κ2) is 6.50. The summed E-state index contributed by atoms with van der Waals surface area (Å²) in [6.45, 7) is 0.894. The molecule has 1 aliphatic carbocycles. The topological polar surface area (TPSA) is 58.6 Å². The van der Waals surface area contributed by atoms with Crippen LogP contribution in [0.4, 0.5) is 0 Å². The summed E-state index contributed by atoms with van der Waals surface area (Å²) in [5.74, 6) is 0.0603. The molecule has 2 N–H and O–H groups in total. The van der Waals surface area contributed by atoms with Gasteiger partial charge in [0, 0.05) is 20.3 Å². The molecule has 106 valence electrons. The highest BCUT2D eigenvalue weighted by atomic mass is 32.1. The molecule has 0 aliphatic heterocycles. The molecule has 0 radical (unpaired) electrons. The van der Waals surface area contributed by atoms with E-state index in [0.717, 1.165) is 31.2 Å². The Morgan fingerprint density at radius 1 is 1.63 bits per heavy atom. The molecule has 1 amide bonds. The molecule has 1 atom stereocenters. The predicted molar refractivity (Wildman–Crippen MR) is 75.1 cm³/mol. The number of carbonyl (C=O) groups is 1. The zero-order chi connectivity index (χ0) is 13.7. The van der Waals surface area contributed by atoms with Crippen molar-refractivity contribution in [2.24, 2.45) is 5.41 Å². The van der Waals surface area contributed by atoms with Crippen LogP contribution in [-0.4, -0.2) is 31.3 Å². The van der Waals surface area contributed by atoms with Gasteiger partial charge >= 0.3 is 0 Å². The summed E-state index contributed by atoms with van der Waals surface area (Å²) < 4.78 is 5.08. The zero-order valence-corrected chi connectivity index (χ0v) is 12.0. The molecule has 4 nitrogen and oxygen atoms in total. The van der Waals surface area contributed by atoms with E-state index in [0.29, 0.717) is 6.61 Å². The van der Waals surface area contributed by atoms with Crippen molar-refractivity contribution in [1.29, 1.82) is 0 Å². The van der Waals surface area contributed by atoms with Gasteiger partial charge in [-0.15, -0.1) is 0 Å². The van der Waals surface area contributed by atoms with Gasteiger partial charge in [-0.25, -0.2) is 0 Å². The third-order valence-electron chi connectivity index (χ3n) is 3.96. The Morgan fingerprint density at radius 2 is 2.42 bits per heavy atom. The van der Waals surface area contributed by atoms with Gasteiger partial charge in [0.1, 0.15) is 0 Å². The van der Waals surface area contributed by atoms with Gasteiger partial charge in [0.2, 0.25) is 5.91 Å². The van der Waals surface area contributed by atoms with E-state index in [9.17, 15) is 9.90 Å². The van der Waals surface area contributed by atoms with Crippen molar-refractivity contribution in [2.45, 2.75) is 31.8 Å². The number of carbonyl (C=O) groups excluding carboxylic acids is 1. The van der Waals surface area contributed by atoms with E-state index in [1.165, 1.54) is 0 Å². The SMILES string of the molecule is COCCC1(C(=O)NCC(O)c2ccsc2)CCC1. The van der Waals surface area contributed by atoms with Gasteiger partial charge in [0.15, 0.2) is 0 Å². The van der Waals surface area contributed by atoms with Gasteiger partial charge < -0.3 is 15.2 Å². The lowest BCUT2D eigenvalue weighted by Crippen LogP contribution is -2.47. The number of hydrogen-bond donors (Lipinski definition) is 2. The van der Waals surface area contributed by atoms with E-state index in [1.807, 2.05) is 16.8 Å². The molecule has 2 rings (SSSR count). The minimum absolute atomic E-state index is 0.0603. The molecule has 5 heteroatoms. The number of aliphatic hydroxyl groups is 1. The van der Waals surface area contributed by atoms with Crippen molar-refractivity contribution in [3.05, 3.63) is 22.4 Å². The van der Waals surface area contributed by atoms with Crippen molar-refractivity contribution in [3.8, 4) is 0 Å². The normalized spacial score (nSPS) is 18.6. The average Bonchev–Trinajstić information content (AvgIpc) is 2.88. The van der Waals surface area contributed by atoms with Crippen LogP contribution in [0.3, 0.4) is 0 Å². The molecule has 1 aromatic rings. The van der Waals surface area contributed by atoms with Crippen LogP contribution in [0.1, 0.15) is 37.4 Å². The third-order valence-corrected chi connectivity index (χ3v) is 4.66. The van der Waals surface area contributed by atoms with Crippen molar-refractivity contribution in [3.63, 3.8) is 0 Å². The fraction of sp³-hybridized carbons (Fsp3) is 0.643. The number of methoxy groups -OCH3 is 1. The number of nitrogens with one attached hydrogen (secondary N) is 1. The van der Waals surface area contributed by atoms with Gasteiger partial charge in [-0.1, -0.05) is 6.42 Å². The molecule has 1 aromatic heterocycles. The zero-order valence-electron chi connectivity index (χ0n) is 11.2. The van der Waals surface area contributed by atoms with E-state index in [1.54, 1.807) is 18.4 Å². The van der Waals surface area contributed by atoms with Crippen molar-refractivity contribution < 1.29 is 14.6 Å². The summed E-state index contributed by atoms with van der Waals surface area (Å²) in [5.41, 5.74) is 0.606. The van der Waals surface area contributed by atoms with Crippen LogP contribution in [0, 0.1) is 5.41 Å². The van der Waals surface area contributed by atoms with Crippen LogP contribution in [0.5, 0.6) is 0 Å². The maximum atomic E-state index is 12.3. The fourth-order valence-corrected chi connectivity index (χ4v) is 3.16. The highest BCUT2D eigenvalue weighted by Crippen LogP contribution is 2.44. The van der Waals surface area contributed by atoms with Crippen LogP contribution in [0.25, 0.3) is 0 Å². The fourth-order valence-electron chi connectivity index (χ4n) is 2.45. The van der Waals surface area contributed by atoms with E-state index in [-0.39, 0.29) is 17.9 Å². The van der Waals surface area contributed by atoms with E-state index in [2.05, 4.69) is 5.32 Å². The molecule has 0 saturated heterocycles. The molecule has 0 bridgehead atoms. The molecule has 0 aromatic carbocycles. The second-order valence-corrected chi connectivity index (χ2v) is 5.94. The third kappa shape index (κ3) is 3.35. The number of ether oxygens (including phenoxy) is 1. The minimum atomic E-state index is -0.616. The van der Waals surface area contributed by atoms with Crippen LogP contribution in [0.15, 0.2) is 16.8 Å². The van der Waals surface area contributed by atoms with Gasteiger partial charge in [-0.05, 0) is 41.7 Å². The molecule has 1 aliphatic rings.